The molecule has 0 radical (unpaired) electrons. The predicted octanol–water partition coefficient (Wildman–Crippen LogP) is 2.46. The summed E-state index contributed by atoms with van der Waals surface area (Å²) >= 11 is 0. The van der Waals surface area contributed by atoms with E-state index in [0.29, 0.717) is 18.9 Å². The van der Waals surface area contributed by atoms with Crippen LogP contribution in [0, 0.1) is 5.92 Å². The lowest BCUT2D eigenvalue weighted by Gasteiger charge is -2.37. The minimum Gasteiger partial charge on any atom is -0.334 e. The number of rotatable bonds is 4. The largest absolute Gasteiger partial charge is 0.334 e. The smallest absolute Gasteiger partial charge is 0.223 e. The van der Waals surface area contributed by atoms with Crippen LogP contribution in [0.1, 0.15) is 46.0 Å². The van der Waals surface area contributed by atoms with Gasteiger partial charge in [-0.25, -0.2) is 4.39 Å². The molecule has 1 amide bonds. The van der Waals surface area contributed by atoms with Crippen molar-refractivity contribution in [3.63, 3.8) is 0 Å². The van der Waals surface area contributed by atoms with Gasteiger partial charge in [0.25, 0.3) is 0 Å². The molecule has 1 spiro atoms. The predicted molar refractivity (Wildman–Crippen MR) is 74.8 cm³/mol. The van der Waals surface area contributed by atoms with Crippen molar-refractivity contribution in [1.82, 2.24) is 9.80 Å². The SMILES string of the molecule is CC(C)CN1CCC[C@]2(CCC(=O)N2CCF)CC1. The molecular formula is C15H27FN2O. The van der Waals surface area contributed by atoms with Crippen LogP contribution in [-0.4, -0.2) is 54.1 Å². The maximum Gasteiger partial charge on any atom is 0.223 e. The Hall–Kier alpha value is -0.640. The summed E-state index contributed by atoms with van der Waals surface area (Å²) in [6.07, 6.45) is 4.74. The Morgan fingerprint density at radius 2 is 2.05 bits per heavy atom. The van der Waals surface area contributed by atoms with Crippen LogP contribution in [0.3, 0.4) is 0 Å². The zero-order valence-electron chi connectivity index (χ0n) is 12.3. The Labute approximate surface area is 116 Å². The molecule has 2 heterocycles. The molecule has 19 heavy (non-hydrogen) atoms. The molecule has 0 aromatic rings. The first-order valence-electron chi connectivity index (χ1n) is 7.66. The highest BCUT2D eigenvalue weighted by atomic mass is 19.1. The third kappa shape index (κ3) is 3.28. The second kappa shape index (κ2) is 6.21. The van der Waals surface area contributed by atoms with Crippen molar-refractivity contribution < 1.29 is 9.18 Å². The Balaban J connectivity index is 2.02. The molecule has 1 atom stereocenters. The molecule has 2 rings (SSSR count). The number of amides is 1. The van der Waals surface area contributed by atoms with E-state index < -0.39 is 6.67 Å². The summed E-state index contributed by atoms with van der Waals surface area (Å²) in [5, 5.41) is 0. The van der Waals surface area contributed by atoms with E-state index in [0.717, 1.165) is 45.3 Å². The lowest BCUT2D eigenvalue weighted by molar-refractivity contribution is -0.131. The van der Waals surface area contributed by atoms with Crippen LogP contribution >= 0.6 is 0 Å². The Morgan fingerprint density at radius 3 is 2.74 bits per heavy atom. The van der Waals surface area contributed by atoms with E-state index in [1.54, 1.807) is 0 Å². The number of carbonyl (C=O) groups excluding carboxylic acids is 1. The molecule has 0 aromatic carbocycles. The van der Waals surface area contributed by atoms with Crippen LogP contribution in [0.2, 0.25) is 0 Å². The normalized spacial score (nSPS) is 29.5. The van der Waals surface area contributed by atoms with Crippen LogP contribution in [-0.2, 0) is 4.79 Å². The first-order valence-corrected chi connectivity index (χ1v) is 7.66. The number of carbonyl (C=O) groups is 1. The van der Waals surface area contributed by atoms with Crippen molar-refractivity contribution in [3.05, 3.63) is 0 Å². The molecule has 3 nitrogen and oxygen atoms in total. The van der Waals surface area contributed by atoms with Gasteiger partial charge in [-0.05, 0) is 38.1 Å². The van der Waals surface area contributed by atoms with Crippen molar-refractivity contribution in [1.29, 1.82) is 0 Å². The average molecular weight is 270 g/mol. The highest BCUT2D eigenvalue weighted by Crippen LogP contribution is 2.38. The number of nitrogens with zero attached hydrogens (tertiary/aromatic N) is 2. The van der Waals surface area contributed by atoms with E-state index in [1.165, 1.54) is 0 Å². The molecule has 0 saturated carbocycles. The third-order valence-electron chi connectivity index (χ3n) is 4.62. The number of hydrogen-bond acceptors (Lipinski definition) is 2. The number of alkyl halides is 1. The minimum atomic E-state index is -0.413. The monoisotopic (exact) mass is 270 g/mol. The van der Waals surface area contributed by atoms with Crippen LogP contribution < -0.4 is 0 Å². The molecular weight excluding hydrogens is 243 g/mol. The van der Waals surface area contributed by atoms with E-state index in [-0.39, 0.29) is 11.4 Å². The topological polar surface area (TPSA) is 23.6 Å². The van der Waals surface area contributed by atoms with E-state index in [1.807, 2.05) is 4.90 Å². The number of likely N-dealkylation sites (tertiary alicyclic amines) is 2. The lowest BCUT2D eigenvalue weighted by Crippen LogP contribution is -2.47. The number of hydrogen-bond donors (Lipinski definition) is 0. The average Bonchev–Trinajstić information content (AvgIpc) is 2.55. The quantitative estimate of drug-likeness (QED) is 0.783. The van der Waals surface area contributed by atoms with Gasteiger partial charge in [0, 0.05) is 31.6 Å². The van der Waals surface area contributed by atoms with Crippen molar-refractivity contribution in [2.45, 2.75) is 51.5 Å². The zero-order valence-corrected chi connectivity index (χ0v) is 12.3. The molecule has 0 bridgehead atoms. The van der Waals surface area contributed by atoms with Crippen LogP contribution in [0.25, 0.3) is 0 Å². The van der Waals surface area contributed by atoms with Crippen LogP contribution in [0.15, 0.2) is 0 Å². The zero-order chi connectivity index (χ0) is 13.9. The fraction of sp³-hybridized carbons (Fsp3) is 0.933. The highest BCUT2D eigenvalue weighted by Gasteiger charge is 2.45. The van der Waals surface area contributed by atoms with Gasteiger partial charge >= 0.3 is 0 Å². The maximum atomic E-state index is 12.7. The molecule has 0 N–H and O–H groups in total. The van der Waals surface area contributed by atoms with Gasteiger partial charge in [-0.1, -0.05) is 13.8 Å². The Morgan fingerprint density at radius 1 is 1.26 bits per heavy atom. The van der Waals surface area contributed by atoms with Crippen LogP contribution in [0.4, 0.5) is 4.39 Å². The minimum absolute atomic E-state index is 0.0328. The third-order valence-corrected chi connectivity index (χ3v) is 4.62. The van der Waals surface area contributed by atoms with Gasteiger partial charge in [0.05, 0.1) is 0 Å². The standard InChI is InChI=1S/C15H27FN2O/c1-13(2)12-17-9-3-5-15(7-10-17)6-4-14(19)18(15)11-8-16/h13H,3-12H2,1-2H3/t15-/m0/s1. The summed E-state index contributed by atoms with van der Waals surface area (Å²) in [5.41, 5.74) is -0.0328. The summed E-state index contributed by atoms with van der Waals surface area (Å²) in [6, 6.07) is 0. The summed E-state index contributed by atoms with van der Waals surface area (Å²) in [7, 11) is 0. The molecule has 4 heteroatoms. The van der Waals surface area contributed by atoms with E-state index in [4.69, 9.17) is 0 Å². The molecule has 0 unspecified atom stereocenters. The van der Waals surface area contributed by atoms with Crippen molar-refractivity contribution in [3.8, 4) is 0 Å². The molecule has 2 saturated heterocycles. The van der Waals surface area contributed by atoms with Gasteiger partial charge in [-0.15, -0.1) is 0 Å². The summed E-state index contributed by atoms with van der Waals surface area (Å²) in [6.45, 7) is 7.68. The van der Waals surface area contributed by atoms with Crippen LogP contribution in [0.5, 0.6) is 0 Å². The van der Waals surface area contributed by atoms with Gasteiger partial charge in [0.15, 0.2) is 0 Å². The van der Waals surface area contributed by atoms with Crippen molar-refractivity contribution >= 4 is 5.91 Å². The first-order chi connectivity index (χ1) is 9.07. The maximum absolute atomic E-state index is 12.7. The molecule has 0 aliphatic carbocycles. The molecule has 0 aromatic heterocycles. The van der Waals surface area contributed by atoms with Gasteiger partial charge < -0.3 is 9.80 Å². The summed E-state index contributed by atoms with van der Waals surface area (Å²) < 4.78 is 12.7. The fourth-order valence-electron chi connectivity index (χ4n) is 3.77. The summed E-state index contributed by atoms with van der Waals surface area (Å²) in [4.78, 5) is 16.3. The van der Waals surface area contributed by atoms with E-state index in [9.17, 15) is 9.18 Å². The Bertz CT molecular complexity index is 321. The second-order valence-corrected chi connectivity index (χ2v) is 6.51. The first kappa shape index (κ1) is 14.8. The van der Waals surface area contributed by atoms with Crippen molar-refractivity contribution in [2.75, 3.05) is 32.9 Å². The molecule has 2 aliphatic heterocycles. The van der Waals surface area contributed by atoms with E-state index in [2.05, 4.69) is 18.7 Å². The lowest BCUT2D eigenvalue weighted by atomic mass is 9.88. The number of halogens is 1. The van der Waals surface area contributed by atoms with Gasteiger partial charge in [0.1, 0.15) is 6.67 Å². The van der Waals surface area contributed by atoms with Crippen molar-refractivity contribution in [2.24, 2.45) is 5.92 Å². The fourth-order valence-corrected chi connectivity index (χ4v) is 3.77. The van der Waals surface area contributed by atoms with E-state index >= 15 is 0 Å². The summed E-state index contributed by atoms with van der Waals surface area (Å²) in [5.74, 6) is 0.844. The molecule has 110 valence electrons. The van der Waals surface area contributed by atoms with Gasteiger partial charge in [-0.2, -0.15) is 0 Å². The molecule has 2 fully saturated rings. The molecule has 2 aliphatic rings. The Kier molecular flexibility index (Phi) is 4.82. The van der Waals surface area contributed by atoms with Gasteiger partial charge in [0.2, 0.25) is 5.91 Å². The highest BCUT2D eigenvalue weighted by molar-refractivity contribution is 5.79. The van der Waals surface area contributed by atoms with Gasteiger partial charge in [-0.3, -0.25) is 4.79 Å². The second-order valence-electron chi connectivity index (χ2n) is 6.51.